The van der Waals surface area contributed by atoms with Crippen LogP contribution >= 0.6 is 0 Å². The van der Waals surface area contributed by atoms with Gasteiger partial charge in [-0.05, 0) is 32.8 Å². The first-order chi connectivity index (χ1) is 11.6. The van der Waals surface area contributed by atoms with Gasteiger partial charge < -0.3 is 14.9 Å². The normalized spacial score (nSPS) is 40.3. The molecular formula is C20H32O5. The zero-order chi connectivity index (χ0) is 19.3. The first kappa shape index (κ1) is 21.6. The number of hydrogen-bond acceptors (Lipinski definition) is 5. The molecule has 0 aromatic carbocycles. The van der Waals surface area contributed by atoms with Crippen LogP contribution in [0.2, 0.25) is 0 Å². The third kappa shape index (κ3) is 5.79. The number of ketones is 1. The van der Waals surface area contributed by atoms with Crippen molar-refractivity contribution in [1.82, 2.24) is 0 Å². The van der Waals surface area contributed by atoms with Crippen molar-refractivity contribution in [2.24, 2.45) is 17.8 Å². The Hall–Kier alpha value is -1.46. The lowest BCUT2D eigenvalue weighted by Crippen LogP contribution is -2.37. The lowest BCUT2D eigenvalue weighted by Gasteiger charge is -2.26. The second kappa shape index (κ2) is 9.30. The summed E-state index contributed by atoms with van der Waals surface area (Å²) in [6, 6.07) is 0. The van der Waals surface area contributed by atoms with Crippen LogP contribution in [0.25, 0.3) is 0 Å². The first-order valence-corrected chi connectivity index (χ1v) is 9.03. The van der Waals surface area contributed by atoms with Gasteiger partial charge in [-0.3, -0.25) is 9.59 Å². The smallest absolute Gasteiger partial charge is 0.312 e. The second-order valence-corrected chi connectivity index (χ2v) is 7.35. The highest BCUT2D eigenvalue weighted by atomic mass is 16.5. The van der Waals surface area contributed by atoms with Crippen LogP contribution < -0.4 is 0 Å². The number of carbonyl (C=O) groups is 2. The van der Waals surface area contributed by atoms with Crippen molar-refractivity contribution < 1.29 is 24.5 Å². The lowest BCUT2D eigenvalue weighted by atomic mass is 9.90. The van der Waals surface area contributed by atoms with E-state index in [-0.39, 0.29) is 24.4 Å². The Labute approximate surface area is 150 Å². The molecule has 0 unspecified atom stereocenters. The maximum Gasteiger partial charge on any atom is 0.312 e. The SMILES string of the molecule is CC[C@H]1OC(=O)[C@H](C)[C@@H](O)C(=O)C/C(C)=C\[C@H](C)[C@H](O)/C(C)=C\[C@H]1C. The van der Waals surface area contributed by atoms with E-state index in [2.05, 4.69) is 0 Å². The van der Waals surface area contributed by atoms with Crippen LogP contribution in [0.15, 0.2) is 23.3 Å². The van der Waals surface area contributed by atoms with Crippen molar-refractivity contribution in [1.29, 1.82) is 0 Å². The maximum atomic E-state index is 12.3. The summed E-state index contributed by atoms with van der Waals surface area (Å²) in [5.41, 5.74) is 1.58. The summed E-state index contributed by atoms with van der Waals surface area (Å²) < 4.78 is 5.53. The summed E-state index contributed by atoms with van der Waals surface area (Å²) in [6.45, 7) is 10.9. The zero-order valence-electron chi connectivity index (χ0n) is 16.2. The molecule has 25 heavy (non-hydrogen) atoms. The Morgan fingerprint density at radius 2 is 1.64 bits per heavy atom. The number of hydrogen-bond donors (Lipinski definition) is 2. The molecule has 0 aromatic rings. The van der Waals surface area contributed by atoms with E-state index in [1.54, 1.807) is 6.92 Å². The van der Waals surface area contributed by atoms with Gasteiger partial charge in [0, 0.05) is 18.3 Å². The molecule has 1 aliphatic rings. The van der Waals surface area contributed by atoms with Crippen molar-refractivity contribution in [2.75, 3.05) is 0 Å². The van der Waals surface area contributed by atoms with Crippen molar-refractivity contribution in [3.63, 3.8) is 0 Å². The van der Waals surface area contributed by atoms with Crippen LogP contribution in [-0.2, 0) is 14.3 Å². The number of cyclic esters (lactones) is 1. The molecule has 0 saturated heterocycles. The summed E-state index contributed by atoms with van der Waals surface area (Å²) in [5, 5.41) is 20.7. The predicted molar refractivity (Wildman–Crippen MR) is 96.8 cm³/mol. The van der Waals surface area contributed by atoms with E-state index in [1.165, 1.54) is 6.92 Å². The Bertz CT molecular complexity index is 548. The maximum absolute atomic E-state index is 12.3. The van der Waals surface area contributed by atoms with Crippen molar-refractivity contribution in [2.45, 2.75) is 72.7 Å². The fourth-order valence-corrected chi connectivity index (χ4v) is 3.24. The van der Waals surface area contributed by atoms with Crippen LogP contribution in [0.3, 0.4) is 0 Å². The summed E-state index contributed by atoms with van der Waals surface area (Å²) in [7, 11) is 0. The molecule has 142 valence electrons. The summed E-state index contributed by atoms with van der Waals surface area (Å²) >= 11 is 0. The molecule has 0 bridgehead atoms. The average molecular weight is 352 g/mol. The minimum Gasteiger partial charge on any atom is -0.461 e. The fourth-order valence-electron chi connectivity index (χ4n) is 3.24. The number of ether oxygens (including phenoxy) is 1. The quantitative estimate of drug-likeness (QED) is 0.560. The summed E-state index contributed by atoms with van der Waals surface area (Å²) in [5.74, 6) is -2.12. The number of rotatable bonds is 1. The Morgan fingerprint density at radius 3 is 2.20 bits per heavy atom. The van der Waals surface area contributed by atoms with Gasteiger partial charge in [0.2, 0.25) is 0 Å². The van der Waals surface area contributed by atoms with Crippen LogP contribution in [-0.4, -0.2) is 40.3 Å². The predicted octanol–water partition coefficient (Wildman–Crippen LogP) is 2.80. The lowest BCUT2D eigenvalue weighted by molar-refractivity contribution is -0.161. The molecule has 0 spiro atoms. The van der Waals surface area contributed by atoms with Gasteiger partial charge in [-0.2, -0.15) is 0 Å². The van der Waals surface area contributed by atoms with Gasteiger partial charge in [-0.1, -0.05) is 38.5 Å². The monoisotopic (exact) mass is 352 g/mol. The molecule has 0 saturated carbocycles. The minimum atomic E-state index is -1.39. The van der Waals surface area contributed by atoms with Gasteiger partial charge in [0.05, 0.1) is 12.0 Å². The molecule has 0 amide bonds. The highest BCUT2D eigenvalue weighted by molar-refractivity contribution is 5.89. The van der Waals surface area contributed by atoms with Crippen LogP contribution in [0, 0.1) is 17.8 Å². The highest BCUT2D eigenvalue weighted by Crippen LogP contribution is 2.23. The van der Waals surface area contributed by atoms with E-state index in [4.69, 9.17) is 4.74 Å². The zero-order valence-corrected chi connectivity index (χ0v) is 16.2. The van der Waals surface area contributed by atoms with Gasteiger partial charge in [-0.15, -0.1) is 0 Å². The molecule has 0 radical (unpaired) electrons. The summed E-state index contributed by atoms with van der Waals surface area (Å²) in [6.07, 6.45) is 2.02. The largest absolute Gasteiger partial charge is 0.461 e. The van der Waals surface area contributed by atoms with E-state index in [1.807, 2.05) is 39.8 Å². The highest BCUT2D eigenvalue weighted by Gasteiger charge is 2.32. The Kier molecular flexibility index (Phi) is 8.03. The van der Waals surface area contributed by atoms with Crippen LogP contribution in [0.5, 0.6) is 0 Å². The van der Waals surface area contributed by atoms with Crippen molar-refractivity contribution in [3.05, 3.63) is 23.3 Å². The second-order valence-electron chi connectivity index (χ2n) is 7.35. The van der Waals surface area contributed by atoms with E-state index >= 15 is 0 Å². The van der Waals surface area contributed by atoms with Crippen molar-refractivity contribution >= 4 is 11.8 Å². The number of aliphatic hydroxyl groups excluding tert-OH is 2. The van der Waals surface area contributed by atoms with Crippen molar-refractivity contribution in [3.8, 4) is 0 Å². The molecule has 6 atom stereocenters. The minimum absolute atomic E-state index is 0.0478. The molecule has 1 rings (SSSR count). The number of allylic oxidation sites excluding steroid dienone is 1. The molecular weight excluding hydrogens is 320 g/mol. The van der Waals surface area contributed by atoms with Gasteiger partial charge in [0.15, 0.2) is 5.78 Å². The van der Waals surface area contributed by atoms with E-state index < -0.39 is 29.9 Å². The molecule has 1 heterocycles. The number of carbonyl (C=O) groups excluding carboxylic acids is 2. The number of esters is 1. The molecule has 5 heteroatoms. The fraction of sp³-hybridized carbons (Fsp3) is 0.700. The van der Waals surface area contributed by atoms with Crippen LogP contribution in [0.1, 0.15) is 54.4 Å². The van der Waals surface area contributed by atoms with E-state index in [9.17, 15) is 19.8 Å². The third-order valence-corrected chi connectivity index (χ3v) is 4.92. The standard InChI is InChI=1S/C20H32O5/c1-7-17-12(3)10-14(5)18(22)13(4)8-11(2)9-16(21)19(23)15(6)20(24)25-17/h8,10,12-13,15,17-19,22-23H,7,9H2,1-6H3/b11-8-,14-10-/t12-,13+,15-,17-,18+,19-/m1/s1. The van der Waals surface area contributed by atoms with Crippen LogP contribution in [0.4, 0.5) is 0 Å². The third-order valence-electron chi connectivity index (χ3n) is 4.92. The van der Waals surface area contributed by atoms with Gasteiger partial charge in [0.1, 0.15) is 12.2 Å². The molecule has 0 aliphatic carbocycles. The van der Waals surface area contributed by atoms with Gasteiger partial charge in [-0.25, -0.2) is 0 Å². The molecule has 2 N–H and O–H groups in total. The first-order valence-electron chi connectivity index (χ1n) is 9.03. The molecule has 5 nitrogen and oxygen atoms in total. The molecule has 0 aromatic heterocycles. The number of Topliss-reactive ketones (excluding diaryl/α,β-unsaturated/α-hetero) is 1. The Balaban J connectivity index is 3.24. The van der Waals surface area contributed by atoms with Gasteiger partial charge in [0.25, 0.3) is 0 Å². The Morgan fingerprint density at radius 1 is 1.04 bits per heavy atom. The summed E-state index contributed by atoms with van der Waals surface area (Å²) in [4.78, 5) is 24.6. The topological polar surface area (TPSA) is 83.8 Å². The number of aliphatic hydroxyl groups is 2. The van der Waals surface area contributed by atoms with Gasteiger partial charge >= 0.3 is 5.97 Å². The molecule has 1 aliphatic heterocycles. The van der Waals surface area contributed by atoms with E-state index in [0.29, 0.717) is 6.42 Å². The van der Waals surface area contributed by atoms with E-state index in [0.717, 1.165) is 11.1 Å². The average Bonchev–Trinajstić information content (AvgIpc) is 2.55. The molecule has 0 fully saturated rings.